The topological polar surface area (TPSA) is 82.5 Å². The fraction of sp³-hybridized carbons (Fsp3) is 0.111. The van der Waals surface area contributed by atoms with Gasteiger partial charge in [-0.1, -0.05) is 18.2 Å². The zero-order chi connectivity index (χ0) is 19.4. The van der Waals surface area contributed by atoms with Crippen molar-refractivity contribution in [1.29, 1.82) is 0 Å². The van der Waals surface area contributed by atoms with Crippen LogP contribution in [0.4, 0.5) is 20.3 Å². The highest BCUT2D eigenvalue weighted by Crippen LogP contribution is 2.26. The lowest BCUT2D eigenvalue weighted by Gasteiger charge is -2.07. The third kappa shape index (κ3) is 4.32. The predicted molar refractivity (Wildman–Crippen MR) is 95.3 cm³/mol. The van der Waals surface area contributed by atoms with Gasteiger partial charge in [-0.2, -0.15) is 13.9 Å². The minimum atomic E-state index is -3.06. The van der Waals surface area contributed by atoms with Gasteiger partial charge in [-0.05, 0) is 25.1 Å². The fourth-order valence-corrected chi connectivity index (χ4v) is 2.43. The van der Waals surface area contributed by atoms with Crippen molar-refractivity contribution >= 4 is 17.7 Å². The number of halogens is 2. The maximum atomic E-state index is 12.6. The number of hydrogen-bond acceptors (Lipinski definition) is 5. The second-order valence-electron chi connectivity index (χ2n) is 5.51. The molecule has 0 bridgehead atoms. The van der Waals surface area contributed by atoms with Crippen LogP contribution in [0.1, 0.15) is 11.3 Å². The SMILES string of the molecule is Cc1cc(/N=C/c2cc([N+](=O)[O-])ccc2OC(F)F)n(-c2ccccc2)n1. The van der Waals surface area contributed by atoms with Gasteiger partial charge in [0, 0.05) is 30.0 Å². The molecule has 7 nitrogen and oxygen atoms in total. The normalized spacial score (nSPS) is 11.3. The number of benzene rings is 2. The standard InChI is InChI=1S/C18H14F2N4O3/c1-12-9-17(23(22-12)14-5-3-2-4-6-14)21-11-13-10-15(24(25)26)7-8-16(13)27-18(19)20/h2-11,18H,1H3/b21-11+. The fourth-order valence-electron chi connectivity index (χ4n) is 2.43. The van der Waals surface area contributed by atoms with E-state index < -0.39 is 11.5 Å². The Morgan fingerprint density at radius 1 is 1.22 bits per heavy atom. The number of nitrogens with zero attached hydrogens (tertiary/aromatic N) is 4. The van der Waals surface area contributed by atoms with E-state index in [1.807, 2.05) is 30.3 Å². The number of aromatic nitrogens is 2. The third-order valence-corrected chi connectivity index (χ3v) is 3.57. The molecule has 1 aromatic heterocycles. The predicted octanol–water partition coefficient (Wildman–Crippen LogP) is 4.44. The van der Waals surface area contributed by atoms with E-state index in [1.54, 1.807) is 17.7 Å². The minimum Gasteiger partial charge on any atom is -0.434 e. The summed E-state index contributed by atoms with van der Waals surface area (Å²) in [5, 5.41) is 15.3. The Balaban J connectivity index is 2.01. The van der Waals surface area contributed by atoms with Crippen molar-refractivity contribution in [3.05, 3.63) is 76.0 Å². The number of alkyl halides is 2. The lowest BCUT2D eigenvalue weighted by atomic mass is 10.2. The summed E-state index contributed by atoms with van der Waals surface area (Å²) in [4.78, 5) is 14.6. The number of hydrogen-bond donors (Lipinski definition) is 0. The van der Waals surface area contributed by atoms with Gasteiger partial charge in [-0.3, -0.25) is 10.1 Å². The molecule has 0 unspecified atom stereocenters. The second-order valence-corrected chi connectivity index (χ2v) is 5.51. The Kier molecular flexibility index (Phi) is 5.20. The molecule has 1 heterocycles. The van der Waals surface area contributed by atoms with E-state index in [0.717, 1.165) is 23.9 Å². The first-order valence-electron chi connectivity index (χ1n) is 7.83. The van der Waals surface area contributed by atoms with Gasteiger partial charge >= 0.3 is 6.61 Å². The molecular formula is C18H14F2N4O3. The minimum absolute atomic E-state index is 0.0583. The number of rotatable bonds is 6. The Bertz CT molecular complexity index is 988. The molecule has 0 saturated carbocycles. The third-order valence-electron chi connectivity index (χ3n) is 3.57. The van der Waals surface area contributed by atoms with Crippen LogP contribution in [0.2, 0.25) is 0 Å². The van der Waals surface area contributed by atoms with E-state index in [1.165, 1.54) is 6.21 Å². The molecule has 0 fully saturated rings. The quantitative estimate of drug-likeness (QED) is 0.364. The van der Waals surface area contributed by atoms with E-state index in [9.17, 15) is 18.9 Å². The molecule has 27 heavy (non-hydrogen) atoms. The van der Waals surface area contributed by atoms with Crippen molar-refractivity contribution < 1.29 is 18.4 Å². The van der Waals surface area contributed by atoms with Crippen LogP contribution < -0.4 is 4.74 Å². The van der Waals surface area contributed by atoms with Crippen LogP contribution in [0.15, 0.2) is 59.6 Å². The molecule has 0 aliphatic heterocycles. The summed E-state index contributed by atoms with van der Waals surface area (Å²) >= 11 is 0. The van der Waals surface area contributed by atoms with Gasteiger partial charge in [0.05, 0.1) is 16.3 Å². The molecule has 3 rings (SSSR count). The Hall–Kier alpha value is -3.62. The van der Waals surface area contributed by atoms with Gasteiger partial charge in [0.15, 0.2) is 5.82 Å². The van der Waals surface area contributed by atoms with Crippen LogP contribution in [-0.4, -0.2) is 27.5 Å². The maximum absolute atomic E-state index is 12.6. The summed E-state index contributed by atoms with van der Waals surface area (Å²) in [5.41, 5.74) is 1.27. The highest BCUT2D eigenvalue weighted by atomic mass is 19.3. The van der Waals surface area contributed by atoms with Crippen LogP contribution in [0, 0.1) is 17.0 Å². The van der Waals surface area contributed by atoms with Crippen LogP contribution in [0.3, 0.4) is 0 Å². The smallest absolute Gasteiger partial charge is 0.387 e. The summed E-state index contributed by atoms with van der Waals surface area (Å²) in [5.74, 6) is 0.232. The van der Waals surface area contributed by atoms with Crippen LogP contribution in [0.5, 0.6) is 5.75 Å². The second kappa shape index (κ2) is 7.73. The Morgan fingerprint density at radius 2 is 1.96 bits per heavy atom. The number of aryl methyl sites for hydroxylation is 1. The molecular weight excluding hydrogens is 358 g/mol. The monoisotopic (exact) mass is 372 g/mol. The van der Waals surface area contributed by atoms with Crippen molar-refractivity contribution in [3.63, 3.8) is 0 Å². The summed E-state index contributed by atoms with van der Waals surface area (Å²) in [6, 6.07) is 14.3. The zero-order valence-electron chi connectivity index (χ0n) is 14.1. The van der Waals surface area contributed by atoms with E-state index in [-0.39, 0.29) is 17.0 Å². The summed E-state index contributed by atoms with van der Waals surface area (Å²) in [7, 11) is 0. The number of nitro groups is 1. The Labute approximate surface area is 152 Å². The molecule has 0 radical (unpaired) electrons. The van der Waals surface area contributed by atoms with E-state index in [2.05, 4.69) is 14.8 Å². The lowest BCUT2D eigenvalue weighted by molar-refractivity contribution is -0.384. The first-order valence-corrected chi connectivity index (χ1v) is 7.83. The average molecular weight is 372 g/mol. The first-order chi connectivity index (χ1) is 12.9. The maximum Gasteiger partial charge on any atom is 0.387 e. The highest BCUT2D eigenvalue weighted by Gasteiger charge is 2.14. The van der Waals surface area contributed by atoms with Gasteiger partial charge in [0.2, 0.25) is 0 Å². The number of para-hydroxylation sites is 1. The molecule has 138 valence electrons. The molecule has 9 heteroatoms. The molecule has 3 aromatic rings. The number of non-ortho nitro benzene ring substituents is 1. The van der Waals surface area contributed by atoms with Gasteiger partial charge in [-0.15, -0.1) is 0 Å². The van der Waals surface area contributed by atoms with Gasteiger partial charge in [-0.25, -0.2) is 9.67 Å². The highest BCUT2D eigenvalue weighted by molar-refractivity contribution is 5.86. The zero-order valence-corrected chi connectivity index (χ0v) is 14.1. The summed E-state index contributed by atoms with van der Waals surface area (Å²) in [6.45, 7) is -1.27. The van der Waals surface area contributed by atoms with Crippen molar-refractivity contribution in [1.82, 2.24) is 9.78 Å². The lowest BCUT2D eigenvalue weighted by Crippen LogP contribution is -2.05. The van der Waals surface area contributed by atoms with Gasteiger partial charge in [0.25, 0.3) is 5.69 Å². The van der Waals surface area contributed by atoms with Crippen LogP contribution >= 0.6 is 0 Å². The van der Waals surface area contributed by atoms with E-state index in [4.69, 9.17) is 0 Å². The average Bonchev–Trinajstić information content (AvgIpc) is 3.01. The van der Waals surface area contributed by atoms with Crippen molar-refractivity contribution in [3.8, 4) is 11.4 Å². The number of aliphatic imine (C=N–C) groups is 1. The van der Waals surface area contributed by atoms with Crippen molar-refractivity contribution in [2.45, 2.75) is 13.5 Å². The van der Waals surface area contributed by atoms with Crippen LogP contribution in [0.25, 0.3) is 5.69 Å². The van der Waals surface area contributed by atoms with E-state index >= 15 is 0 Å². The molecule has 0 spiro atoms. The van der Waals surface area contributed by atoms with Crippen molar-refractivity contribution in [2.75, 3.05) is 0 Å². The molecule has 0 atom stereocenters. The molecule has 0 aliphatic carbocycles. The van der Waals surface area contributed by atoms with Gasteiger partial charge < -0.3 is 4.74 Å². The Morgan fingerprint density at radius 3 is 2.63 bits per heavy atom. The molecule has 2 aromatic carbocycles. The summed E-state index contributed by atoms with van der Waals surface area (Å²) in [6.07, 6.45) is 1.24. The van der Waals surface area contributed by atoms with Crippen LogP contribution in [-0.2, 0) is 0 Å². The van der Waals surface area contributed by atoms with E-state index in [0.29, 0.717) is 11.5 Å². The molecule has 0 N–H and O–H groups in total. The first kappa shape index (κ1) is 18.2. The molecule has 0 amide bonds. The van der Waals surface area contributed by atoms with Gasteiger partial charge in [0.1, 0.15) is 5.75 Å². The number of ether oxygens (including phenoxy) is 1. The summed E-state index contributed by atoms with van der Waals surface area (Å²) < 4.78 is 31.2. The number of nitro benzene ring substituents is 1. The van der Waals surface area contributed by atoms with Crippen molar-refractivity contribution in [2.24, 2.45) is 4.99 Å². The molecule has 0 aliphatic rings. The molecule has 0 saturated heterocycles. The largest absolute Gasteiger partial charge is 0.434 e.